The topological polar surface area (TPSA) is 103 Å². The minimum Gasteiger partial charge on any atom is -0.550 e. The molecule has 0 aromatic heterocycles. The van der Waals surface area contributed by atoms with Crippen LogP contribution in [0.25, 0.3) is 0 Å². The molecule has 5 fully saturated rings. The summed E-state index contributed by atoms with van der Waals surface area (Å²) in [7, 11) is 0. The molecule has 8 nitrogen and oxygen atoms in total. The van der Waals surface area contributed by atoms with Gasteiger partial charge >= 0.3 is 35.5 Å². The average Bonchev–Trinajstić information content (AvgIpc) is 2.84. The molecule has 4 saturated heterocycles. The number of carbonyl (C=O) groups excluding carboxylic acids is 2. The fourth-order valence-corrected chi connectivity index (χ4v) is 5.40. The maximum absolute atomic E-state index is 12.0. The fraction of sp³-hybridized carbons (Fsp3) is 0.895. The normalized spacial score (nSPS) is 46.7. The third-order valence-corrected chi connectivity index (χ3v) is 6.88. The van der Waals surface area contributed by atoms with Gasteiger partial charge in [-0.25, -0.2) is 9.78 Å². The number of aliphatic carboxylic acids is 1. The van der Waals surface area contributed by atoms with Crippen molar-refractivity contribution in [3.05, 3.63) is 0 Å². The molecular formula is C19H27NaO8. The van der Waals surface area contributed by atoms with E-state index in [1.54, 1.807) is 0 Å². The van der Waals surface area contributed by atoms with Crippen molar-refractivity contribution >= 4 is 11.9 Å². The number of hydrogen-bond acceptors (Lipinski definition) is 8. The zero-order valence-corrected chi connectivity index (χ0v) is 19.0. The molecule has 4 heterocycles. The van der Waals surface area contributed by atoms with E-state index < -0.39 is 35.9 Å². The van der Waals surface area contributed by atoms with Gasteiger partial charge in [0.15, 0.2) is 11.9 Å². The van der Waals surface area contributed by atoms with Crippen molar-refractivity contribution in [3.8, 4) is 0 Å². The maximum Gasteiger partial charge on any atom is 1.00 e. The van der Waals surface area contributed by atoms with Gasteiger partial charge in [-0.1, -0.05) is 13.8 Å². The number of hydrogen-bond donors (Lipinski definition) is 0. The Labute approximate surface area is 186 Å². The van der Waals surface area contributed by atoms with Gasteiger partial charge < -0.3 is 24.1 Å². The van der Waals surface area contributed by atoms with Crippen LogP contribution in [-0.4, -0.2) is 35.9 Å². The standard InChI is InChI=1S/C19H28O8.Na/c1-10-4-5-13-11(2)16(23-15(22)7-6-14(20)21)24-17-19(13)12(10)8-9-18(3,25-17)26-27-19;/h10-13,16-17H,4-9H2,1-3H3,(H,20,21);/q;+1/p-1/t10-,11?,12+,13+,16?,17-,18+,19-;/m1./s1. The van der Waals surface area contributed by atoms with Crippen LogP contribution in [0.5, 0.6) is 0 Å². The predicted octanol–water partition coefficient (Wildman–Crippen LogP) is -1.73. The molecule has 5 rings (SSSR count). The van der Waals surface area contributed by atoms with Crippen LogP contribution < -0.4 is 34.7 Å². The molecule has 1 aliphatic carbocycles. The van der Waals surface area contributed by atoms with Crippen LogP contribution in [0.1, 0.15) is 59.3 Å². The maximum atomic E-state index is 12.0. The molecular weight excluding hydrogens is 379 g/mol. The summed E-state index contributed by atoms with van der Waals surface area (Å²) in [5, 5.41) is 10.6. The van der Waals surface area contributed by atoms with Crippen LogP contribution >= 0.6 is 0 Å². The Kier molecular flexibility index (Phi) is 6.53. The first-order chi connectivity index (χ1) is 12.7. The Hall–Kier alpha value is -0.220. The monoisotopic (exact) mass is 406 g/mol. The van der Waals surface area contributed by atoms with Gasteiger partial charge in [0.2, 0.25) is 12.1 Å². The third kappa shape index (κ3) is 3.66. The molecule has 0 aromatic carbocycles. The van der Waals surface area contributed by atoms with Crippen LogP contribution in [-0.2, 0) is 33.6 Å². The first-order valence-corrected chi connectivity index (χ1v) is 9.84. The summed E-state index contributed by atoms with van der Waals surface area (Å²) in [5.74, 6) is -2.17. The smallest absolute Gasteiger partial charge is 0.550 e. The van der Waals surface area contributed by atoms with Crippen LogP contribution in [0.3, 0.4) is 0 Å². The summed E-state index contributed by atoms with van der Waals surface area (Å²) in [6, 6.07) is 0. The molecule has 5 aliphatic rings. The van der Waals surface area contributed by atoms with Crippen molar-refractivity contribution < 1.29 is 68.2 Å². The molecule has 1 saturated carbocycles. The largest absolute Gasteiger partial charge is 1.00 e. The molecule has 0 aromatic rings. The number of carboxylic acids is 1. The second-order valence-corrected chi connectivity index (χ2v) is 8.64. The van der Waals surface area contributed by atoms with Gasteiger partial charge in [-0.2, -0.15) is 0 Å². The molecule has 0 N–H and O–H groups in total. The van der Waals surface area contributed by atoms with Gasteiger partial charge in [0, 0.05) is 24.2 Å². The summed E-state index contributed by atoms with van der Waals surface area (Å²) < 4.78 is 17.7. The minimum atomic E-state index is -1.28. The van der Waals surface area contributed by atoms with Crippen molar-refractivity contribution in [2.75, 3.05) is 0 Å². The van der Waals surface area contributed by atoms with Crippen LogP contribution in [0.4, 0.5) is 0 Å². The SMILES string of the molecule is CC1C(OC(=O)CCC(=O)[O-])O[C@@H]2O[C@]3(C)CC[C@H]4[C@H](C)CC[C@@H]1[C@@]24OO3.[Na+]. The van der Waals surface area contributed by atoms with Crippen molar-refractivity contribution in [2.45, 2.75) is 83.3 Å². The van der Waals surface area contributed by atoms with E-state index in [1.165, 1.54) is 0 Å². The van der Waals surface area contributed by atoms with E-state index in [2.05, 4.69) is 6.92 Å². The first kappa shape index (κ1) is 22.5. The number of carboxylic acid groups (broad SMARTS) is 1. The Morgan fingerprint density at radius 3 is 2.57 bits per heavy atom. The summed E-state index contributed by atoms with van der Waals surface area (Å²) >= 11 is 0. The van der Waals surface area contributed by atoms with E-state index in [0.717, 1.165) is 19.3 Å². The Balaban J connectivity index is 0.00000225. The van der Waals surface area contributed by atoms with Crippen molar-refractivity contribution in [1.82, 2.24) is 0 Å². The van der Waals surface area contributed by atoms with Crippen molar-refractivity contribution in [1.29, 1.82) is 0 Å². The summed E-state index contributed by atoms with van der Waals surface area (Å²) in [4.78, 5) is 34.4. The van der Waals surface area contributed by atoms with Gasteiger partial charge in [-0.05, 0) is 44.4 Å². The molecule has 0 radical (unpaired) electrons. The fourth-order valence-electron chi connectivity index (χ4n) is 5.40. The molecule has 9 heteroatoms. The number of carbonyl (C=O) groups is 2. The average molecular weight is 406 g/mol. The van der Waals surface area contributed by atoms with Crippen LogP contribution in [0.2, 0.25) is 0 Å². The number of ether oxygens (including phenoxy) is 3. The van der Waals surface area contributed by atoms with Gasteiger partial charge in [0.05, 0.1) is 6.42 Å². The van der Waals surface area contributed by atoms with E-state index >= 15 is 0 Å². The second-order valence-electron chi connectivity index (χ2n) is 8.64. The molecule has 1 spiro atoms. The summed E-state index contributed by atoms with van der Waals surface area (Å²) in [6.07, 6.45) is 1.48. The number of esters is 1. The first-order valence-electron chi connectivity index (χ1n) is 9.84. The molecule has 4 aliphatic heterocycles. The van der Waals surface area contributed by atoms with Crippen LogP contribution in [0, 0.1) is 23.7 Å². The molecule has 152 valence electrons. The Morgan fingerprint density at radius 2 is 1.86 bits per heavy atom. The van der Waals surface area contributed by atoms with Gasteiger partial charge in [0.1, 0.15) is 0 Å². The van der Waals surface area contributed by atoms with Crippen molar-refractivity contribution in [2.24, 2.45) is 23.7 Å². The molecule has 28 heavy (non-hydrogen) atoms. The van der Waals surface area contributed by atoms with Crippen molar-refractivity contribution in [3.63, 3.8) is 0 Å². The Bertz CT molecular complexity index is 629. The third-order valence-electron chi connectivity index (χ3n) is 6.88. The second kappa shape index (κ2) is 8.13. The molecule has 2 unspecified atom stereocenters. The molecule has 2 bridgehead atoms. The summed E-state index contributed by atoms with van der Waals surface area (Å²) in [5.41, 5.74) is -0.707. The van der Waals surface area contributed by atoms with Gasteiger partial charge in [-0.3, -0.25) is 4.79 Å². The van der Waals surface area contributed by atoms with E-state index in [9.17, 15) is 14.7 Å². The Morgan fingerprint density at radius 1 is 1.11 bits per heavy atom. The molecule has 0 amide bonds. The predicted molar refractivity (Wildman–Crippen MR) is 87.2 cm³/mol. The minimum absolute atomic E-state index is 0. The van der Waals surface area contributed by atoms with Gasteiger partial charge in [0.25, 0.3) is 0 Å². The zero-order valence-electron chi connectivity index (χ0n) is 17.0. The van der Waals surface area contributed by atoms with E-state index in [4.69, 9.17) is 24.0 Å². The zero-order chi connectivity index (χ0) is 19.4. The quantitative estimate of drug-likeness (QED) is 0.308. The van der Waals surface area contributed by atoms with Crippen LogP contribution in [0.15, 0.2) is 0 Å². The van der Waals surface area contributed by atoms with E-state index in [-0.39, 0.29) is 60.2 Å². The summed E-state index contributed by atoms with van der Waals surface area (Å²) in [6.45, 7) is 6.04. The number of rotatable bonds is 4. The van der Waals surface area contributed by atoms with E-state index in [1.807, 2.05) is 13.8 Å². The number of fused-ring (bicyclic) bond motifs is 2. The van der Waals surface area contributed by atoms with Gasteiger partial charge in [-0.15, -0.1) is 0 Å². The molecule has 8 atom stereocenters. The van der Waals surface area contributed by atoms with E-state index in [0.29, 0.717) is 12.3 Å².